The average molecular weight is 968 g/mol. The Kier molecular flexibility index (Phi) is 12.8. The van der Waals surface area contributed by atoms with Crippen LogP contribution < -0.4 is 10.6 Å². The van der Waals surface area contributed by atoms with Gasteiger partial charge >= 0.3 is 5.97 Å². The normalized spacial score (nSPS) is 16.9. The minimum absolute atomic E-state index is 0.0759. The molecular weight excluding hydrogens is 927 g/mol. The van der Waals surface area contributed by atoms with Crippen molar-refractivity contribution >= 4 is 67.7 Å². The Morgan fingerprint density at radius 1 is 0.797 bits per heavy atom. The van der Waals surface area contributed by atoms with Crippen molar-refractivity contribution in [2.45, 2.75) is 23.1 Å². The van der Waals surface area contributed by atoms with Gasteiger partial charge in [-0.2, -0.15) is 0 Å². The van der Waals surface area contributed by atoms with Gasteiger partial charge in [0.05, 0.1) is 21.4 Å². The number of aromatic nitrogens is 3. The van der Waals surface area contributed by atoms with Gasteiger partial charge in [0.15, 0.2) is 16.9 Å². The van der Waals surface area contributed by atoms with E-state index in [9.17, 15) is 18.6 Å². The molecule has 5 heterocycles. The van der Waals surface area contributed by atoms with Crippen molar-refractivity contribution in [3.63, 3.8) is 0 Å². The van der Waals surface area contributed by atoms with Crippen LogP contribution in [0, 0.1) is 0 Å². The minimum atomic E-state index is -1.81. The number of ether oxygens (including phenoxy) is 1. The summed E-state index contributed by atoms with van der Waals surface area (Å²) in [4.78, 5) is 64.3. The van der Waals surface area contributed by atoms with E-state index in [1.807, 2.05) is 158 Å². The van der Waals surface area contributed by atoms with E-state index in [1.54, 1.807) is 30.0 Å². The van der Waals surface area contributed by atoms with E-state index in [1.165, 1.54) is 34.7 Å². The van der Waals surface area contributed by atoms with Crippen molar-refractivity contribution in [2.24, 2.45) is 5.16 Å². The summed E-state index contributed by atoms with van der Waals surface area (Å²) in [6.45, 7) is 0. The second-order valence-corrected chi connectivity index (χ2v) is 19.3. The number of nitrogens with zero attached hydrogens (tertiary/aromatic N) is 5. The van der Waals surface area contributed by atoms with Crippen molar-refractivity contribution in [3.05, 3.63) is 232 Å². The highest BCUT2D eigenvalue weighted by molar-refractivity contribution is 7.86. The van der Waals surface area contributed by atoms with Gasteiger partial charge in [0.2, 0.25) is 0 Å². The van der Waals surface area contributed by atoms with Crippen LogP contribution in [0.4, 0.5) is 5.13 Å². The second-order valence-electron chi connectivity index (χ2n) is 15.9. The molecule has 1 saturated heterocycles. The molecule has 342 valence electrons. The average Bonchev–Trinajstić information content (AvgIpc) is 4.10. The van der Waals surface area contributed by atoms with Crippen LogP contribution in [0.2, 0.25) is 0 Å². The smallest absolute Gasteiger partial charge is 0.356 e. The van der Waals surface area contributed by atoms with E-state index in [0.717, 1.165) is 22.3 Å². The summed E-state index contributed by atoms with van der Waals surface area (Å²) < 4.78 is 20.8. The third-order valence-electron chi connectivity index (χ3n) is 11.8. The molecule has 5 aromatic carbocycles. The molecule has 69 heavy (non-hydrogen) atoms. The second kappa shape index (κ2) is 19.7. The van der Waals surface area contributed by atoms with Gasteiger partial charge in [-0.25, -0.2) is 14.8 Å². The molecule has 2 aliphatic rings. The van der Waals surface area contributed by atoms with Crippen LogP contribution in [0.1, 0.15) is 44.5 Å². The summed E-state index contributed by atoms with van der Waals surface area (Å²) in [6.07, 6.45) is 4.08. The molecule has 2 aliphatic heterocycles. The summed E-state index contributed by atoms with van der Waals surface area (Å²) in [5.74, 6) is -2.39. The number of carbonyl (C=O) groups excluding carboxylic acids is 3. The van der Waals surface area contributed by atoms with Crippen molar-refractivity contribution in [2.75, 3.05) is 18.2 Å². The number of anilines is 1. The number of β-lactam (4-membered cyclic amide) rings is 1. The Morgan fingerprint density at radius 2 is 1.38 bits per heavy atom. The lowest BCUT2D eigenvalue weighted by molar-refractivity contribution is -0.154. The Labute approximate surface area is 407 Å². The fraction of sp³-hybridized carbons (Fsp3) is 0.113. The lowest BCUT2D eigenvalue weighted by Gasteiger charge is -2.49. The highest BCUT2D eigenvalue weighted by Crippen LogP contribution is 2.43. The van der Waals surface area contributed by atoms with Crippen LogP contribution in [-0.2, 0) is 40.3 Å². The molecule has 0 radical (unpaired) electrons. The molecule has 3 aromatic heterocycles. The quantitative estimate of drug-likeness (QED) is 0.0334. The van der Waals surface area contributed by atoms with Gasteiger partial charge in [0.25, 0.3) is 11.8 Å². The maximum absolute atomic E-state index is 14.8. The number of hydrogen-bond donors (Lipinski definition) is 2. The molecule has 0 aliphatic carbocycles. The lowest BCUT2D eigenvalue weighted by atomic mass is 9.77. The first-order chi connectivity index (χ1) is 33.8. The van der Waals surface area contributed by atoms with Crippen LogP contribution in [0.5, 0.6) is 0 Å². The zero-order valence-electron chi connectivity index (χ0n) is 36.7. The van der Waals surface area contributed by atoms with Crippen LogP contribution in [0.15, 0.2) is 199 Å². The van der Waals surface area contributed by atoms with Gasteiger partial charge in [0.1, 0.15) is 40.5 Å². The van der Waals surface area contributed by atoms with Crippen molar-refractivity contribution in [3.8, 4) is 10.6 Å². The Balaban J connectivity index is 0.961. The SMILES string of the molecule is CON=C(C(=O)NC1C(=O)N2C(C(=O)OC(c3ccccc3)c3ccccc3)=C(c3cnc(-c4cccnc4)s3)CS(=O)C12)c1csc(NC(c2ccccc2)(c2ccccc2)c2ccccc2)n1. The topological polar surface area (TPSA) is 165 Å². The third-order valence-corrected chi connectivity index (χ3v) is 15.3. The van der Waals surface area contributed by atoms with Gasteiger partial charge in [0, 0.05) is 35.1 Å². The first-order valence-corrected chi connectivity index (χ1v) is 24.9. The van der Waals surface area contributed by atoms with Crippen LogP contribution >= 0.6 is 22.7 Å². The number of benzene rings is 5. The Morgan fingerprint density at radius 3 is 1.93 bits per heavy atom. The standard InChI is InChI=1S/C53H41N7O6S3/c1-65-59-43(41-32-67-52(56-41)58-53(37-23-11-4-12-24-37,38-25-13-5-14-26-38)39-27-15-6-16-28-39)47(61)57-44-49(62)60-45(51(63)66-46(34-18-7-2-8-19-34)35-20-9-3-10-21-35)40(33-69(64)50(44)60)42-31-55-48(68-42)36-22-17-29-54-30-36/h2-32,44,46,50H,33H2,1H3,(H,56,58)(H,57,61). The fourth-order valence-corrected chi connectivity index (χ4v) is 12.1. The summed E-state index contributed by atoms with van der Waals surface area (Å²) >= 11 is 2.54. The van der Waals surface area contributed by atoms with Crippen LogP contribution in [-0.4, -0.2) is 71.8 Å². The van der Waals surface area contributed by atoms with Crippen LogP contribution in [0.3, 0.4) is 0 Å². The molecule has 3 unspecified atom stereocenters. The first-order valence-electron chi connectivity index (χ1n) is 21.8. The van der Waals surface area contributed by atoms with Crippen molar-refractivity contribution < 1.29 is 28.2 Å². The number of thiazole rings is 2. The van der Waals surface area contributed by atoms with E-state index >= 15 is 0 Å². The fourth-order valence-electron chi connectivity index (χ4n) is 8.62. The molecule has 0 spiro atoms. The van der Waals surface area contributed by atoms with E-state index < -0.39 is 51.6 Å². The maximum Gasteiger partial charge on any atom is 0.356 e. The number of esters is 1. The number of hydrogen-bond acceptors (Lipinski definition) is 13. The van der Waals surface area contributed by atoms with E-state index in [4.69, 9.17) is 14.6 Å². The summed E-state index contributed by atoms with van der Waals surface area (Å²) in [5.41, 5.74) is 4.36. The van der Waals surface area contributed by atoms with E-state index in [0.29, 0.717) is 31.7 Å². The molecule has 10 rings (SSSR count). The molecule has 13 nitrogen and oxygen atoms in total. The number of amides is 2. The molecule has 2 N–H and O–H groups in total. The largest absolute Gasteiger partial charge is 0.448 e. The monoisotopic (exact) mass is 967 g/mol. The minimum Gasteiger partial charge on any atom is -0.448 e. The number of pyridine rings is 1. The number of fused-ring (bicyclic) bond motifs is 1. The number of rotatable bonds is 15. The molecule has 3 atom stereocenters. The predicted molar refractivity (Wildman–Crippen MR) is 267 cm³/mol. The summed E-state index contributed by atoms with van der Waals surface area (Å²) in [6, 6.07) is 51.0. The van der Waals surface area contributed by atoms with Crippen molar-refractivity contribution in [1.82, 2.24) is 25.2 Å². The zero-order chi connectivity index (χ0) is 47.3. The lowest BCUT2D eigenvalue weighted by Crippen LogP contribution is -2.74. The highest BCUT2D eigenvalue weighted by Gasteiger charge is 2.58. The van der Waals surface area contributed by atoms with E-state index in [-0.39, 0.29) is 22.9 Å². The van der Waals surface area contributed by atoms with Gasteiger partial charge in [-0.15, -0.1) is 22.7 Å². The Bertz CT molecular complexity index is 3070. The van der Waals surface area contributed by atoms with Gasteiger partial charge < -0.3 is 20.2 Å². The van der Waals surface area contributed by atoms with Crippen molar-refractivity contribution in [1.29, 1.82) is 0 Å². The number of oxime groups is 1. The van der Waals surface area contributed by atoms with Gasteiger partial charge in [-0.1, -0.05) is 157 Å². The summed E-state index contributed by atoms with van der Waals surface area (Å²) in [7, 11) is -0.507. The predicted octanol–water partition coefficient (Wildman–Crippen LogP) is 8.58. The first kappa shape index (κ1) is 44.9. The number of carbonyl (C=O) groups is 3. The molecule has 0 saturated carbocycles. The molecule has 1 fully saturated rings. The molecule has 2 amide bonds. The van der Waals surface area contributed by atoms with Gasteiger partial charge in [-0.05, 0) is 39.9 Å². The molecule has 0 bridgehead atoms. The zero-order valence-corrected chi connectivity index (χ0v) is 39.2. The highest BCUT2D eigenvalue weighted by atomic mass is 32.2. The van der Waals surface area contributed by atoms with E-state index in [2.05, 4.69) is 25.8 Å². The third kappa shape index (κ3) is 8.76. The van der Waals surface area contributed by atoms with Gasteiger partial charge in [-0.3, -0.25) is 23.7 Å². The molecule has 16 heteroatoms. The maximum atomic E-state index is 14.8. The molecular formula is C53H41N7O6S3. The number of nitrogens with one attached hydrogen (secondary N) is 2. The Hall–Kier alpha value is -7.92. The molecule has 8 aromatic rings. The summed E-state index contributed by atoms with van der Waals surface area (Å²) in [5, 5.41) is 12.2. The van der Waals surface area contributed by atoms with Crippen LogP contribution in [0.25, 0.3) is 16.1 Å².